The molecule has 108 valence electrons. The van der Waals surface area contributed by atoms with Crippen molar-refractivity contribution in [2.45, 2.75) is 44.6 Å². The molecular formula is C15H27N3O. The third-order valence-electron chi connectivity index (χ3n) is 5.09. The molecule has 2 saturated heterocycles. The molecule has 3 rings (SSSR count). The van der Waals surface area contributed by atoms with Gasteiger partial charge in [-0.1, -0.05) is 19.3 Å². The second-order valence-corrected chi connectivity index (χ2v) is 6.59. The highest BCUT2D eigenvalue weighted by atomic mass is 16.1. The largest absolute Gasteiger partial charge is 0.353 e. The predicted molar refractivity (Wildman–Crippen MR) is 75.9 cm³/mol. The lowest BCUT2D eigenvalue weighted by atomic mass is 9.95. The van der Waals surface area contributed by atoms with E-state index in [0.29, 0.717) is 12.5 Å². The minimum absolute atomic E-state index is 0.266. The van der Waals surface area contributed by atoms with E-state index in [1.54, 1.807) is 0 Å². The highest BCUT2D eigenvalue weighted by Crippen LogP contribution is 2.26. The van der Waals surface area contributed by atoms with Crippen LogP contribution in [0.15, 0.2) is 0 Å². The normalized spacial score (nSPS) is 32.4. The fourth-order valence-corrected chi connectivity index (χ4v) is 3.94. The van der Waals surface area contributed by atoms with E-state index in [1.165, 1.54) is 58.3 Å². The molecular weight excluding hydrogens is 238 g/mol. The van der Waals surface area contributed by atoms with Crippen LogP contribution in [0, 0.1) is 11.8 Å². The summed E-state index contributed by atoms with van der Waals surface area (Å²) in [5, 5.41) is 6.67. The van der Waals surface area contributed by atoms with Gasteiger partial charge in [0.2, 0.25) is 5.91 Å². The van der Waals surface area contributed by atoms with Gasteiger partial charge in [0.1, 0.15) is 0 Å². The molecule has 2 aliphatic heterocycles. The van der Waals surface area contributed by atoms with E-state index in [4.69, 9.17) is 0 Å². The van der Waals surface area contributed by atoms with Crippen molar-refractivity contribution in [3.8, 4) is 0 Å². The molecule has 1 aliphatic carbocycles. The maximum Gasteiger partial charge on any atom is 0.221 e. The van der Waals surface area contributed by atoms with Gasteiger partial charge in [0.05, 0.1) is 0 Å². The van der Waals surface area contributed by atoms with E-state index in [2.05, 4.69) is 15.5 Å². The fraction of sp³-hybridized carbons (Fsp3) is 0.933. The average molecular weight is 265 g/mol. The van der Waals surface area contributed by atoms with Crippen LogP contribution in [0.5, 0.6) is 0 Å². The molecule has 1 saturated carbocycles. The lowest BCUT2D eigenvalue weighted by Crippen LogP contribution is -2.38. The first kappa shape index (κ1) is 13.4. The molecule has 2 N–H and O–H groups in total. The van der Waals surface area contributed by atoms with Gasteiger partial charge >= 0.3 is 0 Å². The van der Waals surface area contributed by atoms with Gasteiger partial charge in [-0.25, -0.2) is 0 Å². The molecule has 19 heavy (non-hydrogen) atoms. The monoisotopic (exact) mass is 265 g/mol. The molecule has 4 nitrogen and oxygen atoms in total. The van der Waals surface area contributed by atoms with Crippen molar-refractivity contribution in [2.24, 2.45) is 11.8 Å². The Hall–Kier alpha value is -0.610. The first-order valence-electron chi connectivity index (χ1n) is 8.03. The number of fused-ring (bicyclic) bond motifs is 1. The topological polar surface area (TPSA) is 44.4 Å². The number of carbonyl (C=O) groups excluding carboxylic acids is 1. The molecule has 0 bridgehead atoms. The Labute approximate surface area is 116 Å². The number of carbonyl (C=O) groups is 1. The van der Waals surface area contributed by atoms with Crippen molar-refractivity contribution < 1.29 is 4.79 Å². The van der Waals surface area contributed by atoms with E-state index in [1.807, 2.05) is 0 Å². The van der Waals surface area contributed by atoms with Crippen molar-refractivity contribution in [3.63, 3.8) is 0 Å². The van der Waals surface area contributed by atoms with Gasteiger partial charge < -0.3 is 15.5 Å². The molecule has 0 radical (unpaired) electrons. The van der Waals surface area contributed by atoms with Gasteiger partial charge in [0, 0.05) is 32.1 Å². The maximum absolute atomic E-state index is 12.0. The average Bonchev–Trinajstić information content (AvgIpc) is 2.98. The van der Waals surface area contributed by atoms with Gasteiger partial charge in [-0.2, -0.15) is 0 Å². The molecule has 2 heterocycles. The van der Waals surface area contributed by atoms with E-state index < -0.39 is 0 Å². The molecule has 0 aromatic rings. The zero-order chi connectivity index (χ0) is 13.1. The molecule has 2 atom stereocenters. The van der Waals surface area contributed by atoms with Gasteiger partial charge in [-0.15, -0.1) is 0 Å². The molecule has 3 fully saturated rings. The Morgan fingerprint density at radius 3 is 2.47 bits per heavy atom. The van der Waals surface area contributed by atoms with E-state index in [0.717, 1.165) is 18.4 Å². The minimum atomic E-state index is 0.266. The van der Waals surface area contributed by atoms with E-state index >= 15 is 0 Å². The highest BCUT2D eigenvalue weighted by Gasteiger charge is 2.35. The molecule has 1 amide bonds. The number of likely N-dealkylation sites (tertiary alicyclic amines) is 1. The SMILES string of the molecule is O=C(CCN1CC2CNCC2C1)NC1CCCCC1. The minimum Gasteiger partial charge on any atom is -0.353 e. The van der Waals surface area contributed by atoms with Crippen LogP contribution in [-0.2, 0) is 4.79 Å². The molecule has 2 unspecified atom stereocenters. The first-order valence-corrected chi connectivity index (χ1v) is 8.03. The second-order valence-electron chi connectivity index (χ2n) is 6.59. The lowest BCUT2D eigenvalue weighted by Gasteiger charge is -2.23. The summed E-state index contributed by atoms with van der Waals surface area (Å²) in [6.07, 6.45) is 6.97. The van der Waals surface area contributed by atoms with E-state index in [-0.39, 0.29) is 5.91 Å². The van der Waals surface area contributed by atoms with Gasteiger partial charge in [0.15, 0.2) is 0 Å². The van der Waals surface area contributed by atoms with Crippen LogP contribution in [0.4, 0.5) is 0 Å². The van der Waals surface area contributed by atoms with Crippen LogP contribution in [0.3, 0.4) is 0 Å². The van der Waals surface area contributed by atoms with E-state index in [9.17, 15) is 4.79 Å². The number of amides is 1. The van der Waals surface area contributed by atoms with Crippen molar-refractivity contribution in [3.05, 3.63) is 0 Å². The molecule has 3 aliphatic rings. The molecule has 0 aromatic carbocycles. The summed E-state index contributed by atoms with van der Waals surface area (Å²) in [4.78, 5) is 14.4. The second kappa shape index (κ2) is 6.23. The summed E-state index contributed by atoms with van der Waals surface area (Å²) in [6.45, 7) is 5.68. The highest BCUT2D eigenvalue weighted by molar-refractivity contribution is 5.76. The predicted octanol–water partition coefficient (Wildman–Crippen LogP) is 0.977. The maximum atomic E-state index is 12.0. The summed E-state index contributed by atoms with van der Waals surface area (Å²) in [6, 6.07) is 0.461. The third kappa shape index (κ3) is 3.48. The quantitative estimate of drug-likeness (QED) is 0.796. The summed E-state index contributed by atoms with van der Waals surface area (Å²) < 4.78 is 0. The summed E-state index contributed by atoms with van der Waals surface area (Å²) in [5.74, 6) is 1.94. The van der Waals surface area contributed by atoms with Gasteiger partial charge in [-0.05, 0) is 37.8 Å². The summed E-state index contributed by atoms with van der Waals surface area (Å²) in [5.41, 5.74) is 0. The molecule has 4 heteroatoms. The van der Waals surface area contributed by atoms with Crippen LogP contribution < -0.4 is 10.6 Å². The van der Waals surface area contributed by atoms with Crippen molar-refractivity contribution in [1.82, 2.24) is 15.5 Å². The molecule has 0 spiro atoms. The smallest absolute Gasteiger partial charge is 0.221 e. The van der Waals surface area contributed by atoms with Crippen LogP contribution in [0.1, 0.15) is 38.5 Å². The number of nitrogens with zero attached hydrogens (tertiary/aromatic N) is 1. The summed E-state index contributed by atoms with van der Waals surface area (Å²) >= 11 is 0. The Balaban J connectivity index is 1.34. The standard InChI is InChI=1S/C15H27N3O/c19-15(17-14-4-2-1-3-5-14)6-7-18-10-12-8-16-9-13(12)11-18/h12-14,16H,1-11H2,(H,17,19). The van der Waals surface area contributed by atoms with Crippen molar-refractivity contribution in [2.75, 3.05) is 32.7 Å². The number of rotatable bonds is 4. The van der Waals surface area contributed by atoms with Crippen molar-refractivity contribution >= 4 is 5.91 Å². The van der Waals surface area contributed by atoms with Crippen LogP contribution in [-0.4, -0.2) is 49.6 Å². The Bertz CT molecular complexity index is 303. The van der Waals surface area contributed by atoms with Gasteiger partial charge in [-0.3, -0.25) is 4.79 Å². The zero-order valence-corrected chi connectivity index (χ0v) is 11.9. The zero-order valence-electron chi connectivity index (χ0n) is 11.9. The number of nitrogens with one attached hydrogen (secondary N) is 2. The fourth-order valence-electron chi connectivity index (χ4n) is 3.94. The van der Waals surface area contributed by atoms with Gasteiger partial charge in [0.25, 0.3) is 0 Å². The van der Waals surface area contributed by atoms with Crippen molar-refractivity contribution in [1.29, 1.82) is 0 Å². The first-order chi connectivity index (χ1) is 9.31. The third-order valence-corrected chi connectivity index (χ3v) is 5.09. The van der Waals surface area contributed by atoms with Crippen LogP contribution >= 0.6 is 0 Å². The molecule has 0 aromatic heterocycles. The van der Waals surface area contributed by atoms with Crippen LogP contribution in [0.2, 0.25) is 0 Å². The number of hydrogen-bond acceptors (Lipinski definition) is 3. The Kier molecular flexibility index (Phi) is 4.38. The Morgan fingerprint density at radius 1 is 1.11 bits per heavy atom. The summed E-state index contributed by atoms with van der Waals surface area (Å²) in [7, 11) is 0. The Morgan fingerprint density at radius 2 is 1.79 bits per heavy atom. The number of hydrogen-bond donors (Lipinski definition) is 2. The van der Waals surface area contributed by atoms with Crippen LogP contribution in [0.25, 0.3) is 0 Å². The lowest BCUT2D eigenvalue weighted by molar-refractivity contribution is -0.122.